The maximum Gasteiger partial charge on any atom is 0.252 e. The molecular weight excluding hydrogens is 387 g/mol. The smallest absolute Gasteiger partial charge is 0.252 e. The summed E-state index contributed by atoms with van der Waals surface area (Å²) in [4.78, 5) is 23.8. The molecule has 0 radical (unpaired) electrons. The molecule has 144 valence electrons. The van der Waals surface area contributed by atoms with Crippen molar-refractivity contribution in [1.82, 2.24) is 10.6 Å². The summed E-state index contributed by atoms with van der Waals surface area (Å²) in [5.41, 5.74) is 1.42. The van der Waals surface area contributed by atoms with Gasteiger partial charge in [-0.25, -0.2) is 0 Å². The number of hydrogen-bond acceptors (Lipinski definition) is 3. The zero-order valence-corrected chi connectivity index (χ0v) is 16.6. The standard InChI is InChI=1S/C20H22Cl2N2O3/c1-14-5-2-3-6-18(14)27-12-4-7-19(25)23-10-11-24-20(26)16-9-8-15(21)13-17(16)22/h2-3,5-6,8-9,13H,4,7,10-12H2,1H3,(H,23,25)(H,24,26). The molecule has 0 atom stereocenters. The molecule has 0 aliphatic heterocycles. The molecule has 0 unspecified atom stereocenters. The molecule has 0 spiro atoms. The average molecular weight is 409 g/mol. The number of halogens is 2. The van der Waals surface area contributed by atoms with Gasteiger partial charge in [-0.2, -0.15) is 0 Å². The quantitative estimate of drug-likeness (QED) is 0.615. The third kappa shape index (κ3) is 7.12. The van der Waals surface area contributed by atoms with Crippen LogP contribution in [0.2, 0.25) is 10.0 Å². The van der Waals surface area contributed by atoms with Crippen molar-refractivity contribution in [3.05, 3.63) is 63.6 Å². The lowest BCUT2D eigenvalue weighted by Gasteiger charge is -2.10. The highest BCUT2D eigenvalue weighted by molar-refractivity contribution is 6.36. The fourth-order valence-electron chi connectivity index (χ4n) is 2.37. The van der Waals surface area contributed by atoms with E-state index in [0.29, 0.717) is 43.1 Å². The molecule has 2 N–H and O–H groups in total. The zero-order chi connectivity index (χ0) is 19.6. The lowest BCUT2D eigenvalue weighted by molar-refractivity contribution is -0.121. The van der Waals surface area contributed by atoms with Crippen molar-refractivity contribution in [1.29, 1.82) is 0 Å². The van der Waals surface area contributed by atoms with Crippen molar-refractivity contribution >= 4 is 35.0 Å². The maximum atomic E-state index is 12.0. The maximum absolute atomic E-state index is 12.0. The number of aryl methyl sites for hydroxylation is 1. The summed E-state index contributed by atoms with van der Waals surface area (Å²) >= 11 is 11.8. The van der Waals surface area contributed by atoms with Crippen LogP contribution < -0.4 is 15.4 Å². The van der Waals surface area contributed by atoms with Crippen LogP contribution in [-0.4, -0.2) is 31.5 Å². The van der Waals surface area contributed by atoms with Gasteiger partial charge >= 0.3 is 0 Å². The molecule has 7 heteroatoms. The predicted octanol–water partition coefficient (Wildman–Crippen LogP) is 4.01. The Kier molecular flexibility index (Phi) is 8.43. The molecule has 2 aromatic rings. The van der Waals surface area contributed by atoms with Crippen molar-refractivity contribution in [3.63, 3.8) is 0 Å². The first-order valence-electron chi connectivity index (χ1n) is 8.66. The van der Waals surface area contributed by atoms with Crippen LogP contribution in [0.5, 0.6) is 5.75 Å². The van der Waals surface area contributed by atoms with Gasteiger partial charge < -0.3 is 15.4 Å². The van der Waals surface area contributed by atoms with Gasteiger partial charge in [0.2, 0.25) is 5.91 Å². The number of benzene rings is 2. The number of rotatable bonds is 9. The van der Waals surface area contributed by atoms with Gasteiger partial charge in [0.1, 0.15) is 5.75 Å². The van der Waals surface area contributed by atoms with Gasteiger partial charge in [0, 0.05) is 24.5 Å². The van der Waals surface area contributed by atoms with Crippen LogP contribution >= 0.6 is 23.2 Å². The summed E-state index contributed by atoms with van der Waals surface area (Å²) in [6.45, 7) is 3.11. The fourth-order valence-corrected chi connectivity index (χ4v) is 2.86. The molecule has 5 nitrogen and oxygen atoms in total. The highest BCUT2D eigenvalue weighted by Gasteiger charge is 2.10. The Labute approximate surface area is 169 Å². The first-order valence-corrected chi connectivity index (χ1v) is 9.41. The van der Waals surface area contributed by atoms with Crippen LogP contribution in [0.25, 0.3) is 0 Å². The van der Waals surface area contributed by atoms with Gasteiger partial charge in [0.05, 0.1) is 17.2 Å². The number of para-hydroxylation sites is 1. The van der Waals surface area contributed by atoms with E-state index in [4.69, 9.17) is 27.9 Å². The monoisotopic (exact) mass is 408 g/mol. The molecule has 2 rings (SSSR count). The van der Waals surface area contributed by atoms with E-state index in [1.807, 2.05) is 31.2 Å². The molecule has 0 saturated heterocycles. The van der Waals surface area contributed by atoms with E-state index >= 15 is 0 Å². The summed E-state index contributed by atoms with van der Waals surface area (Å²) in [6.07, 6.45) is 0.982. The predicted molar refractivity (Wildman–Crippen MR) is 108 cm³/mol. The number of ether oxygens (including phenoxy) is 1. The number of carbonyl (C=O) groups excluding carboxylic acids is 2. The van der Waals surface area contributed by atoms with Gasteiger partial charge in [0.15, 0.2) is 0 Å². The number of amides is 2. The Balaban J connectivity index is 1.59. The summed E-state index contributed by atoms with van der Waals surface area (Å²) in [5.74, 6) is 0.446. The van der Waals surface area contributed by atoms with Crippen molar-refractivity contribution < 1.29 is 14.3 Å². The average Bonchev–Trinajstić information content (AvgIpc) is 2.63. The second-order valence-corrected chi connectivity index (χ2v) is 6.79. The van der Waals surface area contributed by atoms with E-state index in [1.54, 1.807) is 12.1 Å². The van der Waals surface area contributed by atoms with Crippen LogP contribution in [0.3, 0.4) is 0 Å². The van der Waals surface area contributed by atoms with E-state index in [9.17, 15) is 9.59 Å². The first-order chi connectivity index (χ1) is 13.0. The lowest BCUT2D eigenvalue weighted by Crippen LogP contribution is -2.34. The SMILES string of the molecule is Cc1ccccc1OCCCC(=O)NCCNC(=O)c1ccc(Cl)cc1Cl. The summed E-state index contributed by atoms with van der Waals surface area (Å²) in [6, 6.07) is 12.4. The zero-order valence-electron chi connectivity index (χ0n) is 15.1. The van der Waals surface area contributed by atoms with Crippen LogP contribution in [0, 0.1) is 6.92 Å². The summed E-state index contributed by atoms with van der Waals surface area (Å²) in [7, 11) is 0. The molecule has 0 bridgehead atoms. The third-order valence-electron chi connectivity index (χ3n) is 3.81. The Morgan fingerprint density at radius 3 is 2.52 bits per heavy atom. The molecule has 2 aromatic carbocycles. The molecule has 0 fully saturated rings. The van der Waals surface area contributed by atoms with Crippen LogP contribution in [0.15, 0.2) is 42.5 Å². The van der Waals surface area contributed by atoms with Gasteiger partial charge in [-0.05, 0) is 43.2 Å². The normalized spacial score (nSPS) is 10.3. The summed E-state index contributed by atoms with van der Waals surface area (Å²) < 4.78 is 5.65. The molecule has 0 aliphatic rings. The Bertz CT molecular complexity index is 797. The van der Waals surface area contributed by atoms with E-state index in [2.05, 4.69) is 10.6 Å². The highest BCUT2D eigenvalue weighted by atomic mass is 35.5. The molecule has 0 heterocycles. The van der Waals surface area contributed by atoms with Crippen molar-refractivity contribution in [2.45, 2.75) is 19.8 Å². The first kappa shape index (κ1) is 21.1. The third-order valence-corrected chi connectivity index (χ3v) is 4.36. The van der Waals surface area contributed by atoms with E-state index in [1.165, 1.54) is 6.07 Å². The Morgan fingerprint density at radius 1 is 1.04 bits per heavy atom. The molecular formula is C20H22Cl2N2O3. The van der Waals surface area contributed by atoms with Crippen molar-refractivity contribution in [3.8, 4) is 5.75 Å². The van der Waals surface area contributed by atoms with E-state index in [-0.39, 0.29) is 16.8 Å². The van der Waals surface area contributed by atoms with E-state index in [0.717, 1.165) is 11.3 Å². The Hall–Kier alpha value is -2.24. The second-order valence-electron chi connectivity index (χ2n) is 5.95. The minimum absolute atomic E-state index is 0.0813. The second kappa shape index (κ2) is 10.8. The summed E-state index contributed by atoms with van der Waals surface area (Å²) in [5, 5.41) is 6.22. The molecule has 27 heavy (non-hydrogen) atoms. The molecule has 0 saturated carbocycles. The van der Waals surface area contributed by atoms with Gasteiger partial charge in [-0.1, -0.05) is 41.4 Å². The van der Waals surface area contributed by atoms with Crippen LogP contribution in [-0.2, 0) is 4.79 Å². The highest BCUT2D eigenvalue weighted by Crippen LogP contribution is 2.20. The van der Waals surface area contributed by atoms with Crippen LogP contribution in [0.1, 0.15) is 28.8 Å². The van der Waals surface area contributed by atoms with Crippen molar-refractivity contribution in [2.75, 3.05) is 19.7 Å². The van der Waals surface area contributed by atoms with Gasteiger partial charge in [-0.3, -0.25) is 9.59 Å². The molecule has 0 aromatic heterocycles. The fraction of sp³-hybridized carbons (Fsp3) is 0.300. The molecule has 0 aliphatic carbocycles. The largest absolute Gasteiger partial charge is 0.493 e. The Morgan fingerprint density at radius 2 is 1.78 bits per heavy atom. The number of carbonyl (C=O) groups is 2. The van der Waals surface area contributed by atoms with Crippen molar-refractivity contribution in [2.24, 2.45) is 0 Å². The minimum atomic E-state index is -0.308. The number of nitrogens with one attached hydrogen (secondary N) is 2. The minimum Gasteiger partial charge on any atom is -0.493 e. The van der Waals surface area contributed by atoms with Gasteiger partial charge in [0.25, 0.3) is 5.91 Å². The topological polar surface area (TPSA) is 67.4 Å². The lowest BCUT2D eigenvalue weighted by atomic mass is 10.2. The number of hydrogen-bond donors (Lipinski definition) is 2. The van der Waals surface area contributed by atoms with Gasteiger partial charge in [-0.15, -0.1) is 0 Å². The van der Waals surface area contributed by atoms with Crippen LogP contribution in [0.4, 0.5) is 0 Å². The molecule has 2 amide bonds. The van der Waals surface area contributed by atoms with E-state index < -0.39 is 0 Å².